The second-order valence-electron chi connectivity index (χ2n) is 5.70. The van der Waals surface area contributed by atoms with Gasteiger partial charge in [0, 0.05) is 12.6 Å². The number of aliphatic hydroxyl groups excluding tert-OH is 1. The Kier molecular flexibility index (Phi) is 4.32. The van der Waals surface area contributed by atoms with Crippen LogP contribution < -0.4 is 9.47 Å². The van der Waals surface area contributed by atoms with Crippen LogP contribution in [-0.2, 0) is 6.54 Å². The van der Waals surface area contributed by atoms with Gasteiger partial charge in [0.1, 0.15) is 0 Å². The summed E-state index contributed by atoms with van der Waals surface area (Å²) < 4.78 is 10.7. The molecular formula is C18H21NO3. The fourth-order valence-electron chi connectivity index (χ4n) is 2.64. The van der Waals surface area contributed by atoms with Gasteiger partial charge in [0.25, 0.3) is 0 Å². The van der Waals surface area contributed by atoms with Crippen LogP contribution in [0.25, 0.3) is 0 Å². The van der Waals surface area contributed by atoms with E-state index in [0.717, 1.165) is 29.2 Å². The van der Waals surface area contributed by atoms with Crippen molar-refractivity contribution in [3.05, 3.63) is 59.7 Å². The highest BCUT2D eigenvalue weighted by molar-refractivity contribution is 5.44. The van der Waals surface area contributed by atoms with Crippen molar-refractivity contribution in [1.82, 2.24) is 4.90 Å². The van der Waals surface area contributed by atoms with E-state index in [4.69, 9.17) is 9.47 Å². The second kappa shape index (κ2) is 6.38. The minimum absolute atomic E-state index is 0.00724. The molecule has 22 heavy (non-hydrogen) atoms. The number of rotatable bonds is 5. The minimum atomic E-state index is -0.514. The van der Waals surface area contributed by atoms with Crippen LogP contribution in [0.3, 0.4) is 0 Å². The topological polar surface area (TPSA) is 41.9 Å². The van der Waals surface area contributed by atoms with E-state index in [-0.39, 0.29) is 12.8 Å². The lowest BCUT2D eigenvalue weighted by atomic mass is 10.0. The molecule has 2 aromatic carbocycles. The van der Waals surface area contributed by atoms with E-state index >= 15 is 0 Å². The molecule has 116 valence electrons. The third-order valence-corrected chi connectivity index (χ3v) is 4.16. The molecule has 0 aromatic heterocycles. The molecule has 2 atom stereocenters. The molecule has 0 aliphatic carbocycles. The van der Waals surface area contributed by atoms with Gasteiger partial charge in [0.2, 0.25) is 6.79 Å². The third-order valence-electron chi connectivity index (χ3n) is 4.16. The molecular weight excluding hydrogens is 278 g/mol. The normalized spacial score (nSPS) is 15.8. The fourth-order valence-corrected chi connectivity index (χ4v) is 2.64. The van der Waals surface area contributed by atoms with Gasteiger partial charge in [-0.25, -0.2) is 0 Å². The molecule has 0 spiro atoms. The number of ether oxygens (including phenoxy) is 2. The van der Waals surface area contributed by atoms with Crippen molar-refractivity contribution in [2.75, 3.05) is 13.8 Å². The van der Waals surface area contributed by atoms with E-state index in [0.29, 0.717) is 0 Å². The van der Waals surface area contributed by atoms with Crippen LogP contribution >= 0.6 is 0 Å². The Bertz CT molecular complexity index is 629. The monoisotopic (exact) mass is 299 g/mol. The molecule has 4 nitrogen and oxygen atoms in total. The lowest BCUT2D eigenvalue weighted by Gasteiger charge is -2.29. The Balaban J connectivity index is 1.67. The zero-order chi connectivity index (χ0) is 15.5. The predicted octanol–water partition coefficient (Wildman–Crippen LogP) is 2.97. The van der Waals surface area contributed by atoms with Gasteiger partial charge in [-0.05, 0) is 37.2 Å². The van der Waals surface area contributed by atoms with Crippen molar-refractivity contribution in [3.8, 4) is 11.5 Å². The summed E-state index contributed by atoms with van der Waals surface area (Å²) in [6.07, 6.45) is -0.514. The maximum absolute atomic E-state index is 10.5. The summed E-state index contributed by atoms with van der Waals surface area (Å²) in [6, 6.07) is 15.7. The van der Waals surface area contributed by atoms with Crippen molar-refractivity contribution in [2.45, 2.75) is 25.6 Å². The van der Waals surface area contributed by atoms with Crippen LogP contribution in [-0.4, -0.2) is 29.9 Å². The quantitative estimate of drug-likeness (QED) is 0.921. The number of aliphatic hydroxyl groups is 1. The van der Waals surface area contributed by atoms with Crippen LogP contribution in [0.5, 0.6) is 11.5 Å². The van der Waals surface area contributed by atoms with Gasteiger partial charge < -0.3 is 14.6 Å². The van der Waals surface area contributed by atoms with Crippen molar-refractivity contribution in [2.24, 2.45) is 0 Å². The van der Waals surface area contributed by atoms with E-state index in [1.165, 1.54) is 0 Å². The van der Waals surface area contributed by atoms with Gasteiger partial charge in [-0.15, -0.1) is 0 Å². The van der Waals surface area contributed by atoms with Gasteiger partial charge >= 0.3 is 0 Å². The molecule has 2 aromatic rings. The Morgan fingerprint density at radius 2 is 1.82 bits per heavy atom. The molecule has 0 radical (unpaired) electrons. The van der Waals surface area contributed by atoms with Crippen LogP contribution in [0.15, 0.2) is 48.5 Å². The van der Waals surface area contributed by atoms with Gasteiger partial charge in [-0.2, -0.15) is 0 Å². The molecule has 2 unspecified atom stereocenters. The zero-order valence-electron chi connectivity index (χ0n) is 12.9. The summed E-state index contributed by atoms with van der Waals surface area (Å²) in [7, 11) is 2.02. The largest absolute Gasteiger partial charge is 0.454 e. The van der Waals surface area contributed by atoms with Crippen molar-refractivity contribution >= 4 is 0 Å². The lowest BCUT2D eigenvalue weighted by Crippen LogP contribution is -2.33. The SMILES string of the molecule is CC(C(O)c1ccccc1)N(C)Cc1ccc2c(c1)OCO2. The first-order valence-electron chi connectivity index (χ1n) is 7.47. The summed E-state index contributed by atoms with van der Waals surface area (Å²) in [5, 5.41) is 10.5. The van der Waals surface area contributed by atoms with Gasteiger partial charge in [0.15, 0.2) is 11.5 Å². The van der Waals surface area contributed by atoms with Crippen molar-refractivity contribution < 1.29 is 14.6 Å². The van der Waals surface area contributed by atoms with Crippen LogP contribution in [0, 0.1) is 0 Å². The number of likely N-dealkylation sites (N-methyl/N-ethyl adjacent to an activating group) is 1. The highest BCUT2D eigenvalue weighted by atomic mass is 16.7. The summed E-state index contributed by atoms with van der Waals surface area (Å²) in [5.41, 5.74) is 2.08. The Labute approximate surface area is 130 Å². The molecule has 1 heterocycles. The molecule has 1 aliphatic heterocycles. The highest BCUT2D eigenvalue weighted by Gasteiger charge is 2.21. The average Bonchev–Trinajstić information content (AvgIpc) is 3.02. The van der Waals surface area contributed by atoms with E-state index in [1.807, 2.05) is 62.5 Å². The summed E-state index contributed by atoms with van der Waals surface area (Å²) >= 11 is 0. The Hall–Kier alpha value is -2.04. The molecule has 3 rings (SSSR count). The first-order valence-corrected chi connectivity index (χ1v) is 7.47. The molecule has 1 aliphatic rings. The standard InChI is InChI=1S/C18H21NO3/c1-13(18(20)15-6-4-3-5-7-15)19(2)11-14-8-9-16-17(10-14)22-12-21-16/h3-10,13,18,20H,11-12H2,1-2H3. The van der Waals surface area contributed by atoms with Crippen molar-refractivity contribution in [1.29, 1.82) is 0 Å². The van der Waals surface area contributed by atoms with Crippen molar-refractivity contribution in [3.63, 3.8) is 0 Å². The maximum Gasteiger partial charge on any atom is 0.231 e. The summed E-state index contributed by atoms with van der Waals surface area (Å²) in [6.45, 7) is 3.06. The first kappa shape index (κ1) is 14.9. The number of benzene rings is 2. The molecule has 0 saturated carbocycles. The fraction of sp³-hybridized carbons (Fsp3) is 0.333. The number of hydrogen-bond acceptors (Lipinski definition) is 4. The average molecular weight is 299 g/mol. The Morgan fingerprint density at radius 1 is 1.09 bits per heavy atom. The van der Waals surface area contributed by atoms with Gasteiger partial charge in [0.05, 0.1) is 6.10 Å². The number of fused-ring (bicyclic) bond motifs is 1. The lowest BCUT2D eigenvalue weighted by molar-refractivity contribution is 0.0688. The first-order chi connectivity index (χ1) is 10.6. The molecule has 4 heteroatoms. The summed E-state index contributed by atoms with van der Waals surface area (Å²) in [5.74, 6) is 1.59. The van der Waals surface area contributed by atoms with E-state index in [1.54, 1.807) is 0 Å². The van der Waals surface area contributed by atoms with Gasteiger partial charge in [-0.3, -0.25) is 4.90 Å². The third kappa shape index (κ3) is 3.08. The minimum Gasteiger partial charge on any atom is -0.454 e. The maximum atomic E-state index is 10.5. The van der Waals surface area contributed by atoms with E-state index < -0.39 is 6.10 Å². The predicted molar refractivity (Wildman–Crippen MR) is 84.9 cm³/mol. The van der Waals surface area contributed by atoms with E-state index in [2.05, 4.69) is 4.90 Å². The van der Waals surface area contributed by atoms with Crippen LogP contribution in [0.2, 0.25) is 0 Å². The number of hydrogen-bond donors (Lipinski definition) is 1. The second-order valence-corrected chi connectivity index (χ2v) is 5.70. The molecule has 0 saturated heterocycles. The number of nitrogens with zero attached hydrogens (tertiary/aromatic N) is 1. The molecule has 0 amide bonds. The zero-order valence-corrected chi connectivity index (χ0v) is 12.9. The smallest absolute Gasteiger partial charge is 0.231 e. The highest BCUT2D eigenvalue weighted by Crippen LogP contribution is 2.33. The Morgan fingerprint density at radius 3 is 2.59 bits per heavy atom. The van der Waals surface area contributed by atoms with Crippen LogP contribution in [0.4, 0.5) is 0 Å². The molecule has 1 N–H and O–H groups in total. The van der Waals surface area contributed by atoms with Gasteiger partial charge in [-0.1, -0.05) is 36.4 Å². The van der Waals surface area contributed by atoms with E-state index in [9.17, 15) is 5.11 Å². The molecule has 0 bridgehead atoms. The molecule has 0 fully saturated rings. The summed E-state index contributed by atoms with van der Waals surface area (Å²) in [4.78, 5) is 2.13. The van der Waals surface area contributed by atoms with Crippen LogP contribution in [0.1, 0.15) is 24.2 Å².